The summed E-state index contributed by atoms with van der Waals surface area (Å²) in [7, 11) is 0. The highest BCUT2D eigenvalue weighted by atomic mass is 79.9. The van der Waals surface area contributed by atoms with Gasteiger partial charge in [-0.1, -0.05) is 28.1 Å². The minimum Gasteiger partial charge on any atom is -0.307 e. The summed E-state index contributed by atoms with van der Waals surface area (Å²) < 4.78 is 14.5. The van der Waals surface area contributed by atoms with Crippen molar-refractivity contribution in [3.8, 4) is 0 Å². The summed E-state index contributed by atoms with van der Waals surface area (Å²) in [5, 5.41) is 3.41. The van der Waals surface area contributed by atoms with E-state index in [-0.39, 0.29) is 5.54 Å². The molecular weight excluding hydrogens is 257 g/mol. The lowest BCUT2D eigenvalue weighted by atomic mass is 9.83. The van der Waals surface area contributed by atoms with Crippen molar-refractivity contribution < 1.29 is 4.39 Å². The van der Waals surface area contributed by atoms with Crippen molar-refractivity contribution in [3.05, 3.63) is 34.3 Å². The Morgan fingerprint density at radius 3 is 3.00 bits per heavy atom. The van der Waals surface area contributed by atoms with Gasteiger partial charge in [0.15, 0.2) is 0 Å². The molecule has 0 radical (unpaired) electrons. The number of benzene rings is 1. The van der Waals surface area contributed by atoms with E-state index in [2.05, 4.69) is 40.3 Å². The summed E-state index contributed by atoms with van der Waals surface area (Å²) in [6.07, 6.45) is 0.503. The molecule has 1 fully saturated rings. The third kappa shape index (κ3) is 2.40. The first-order valence-electron chi connectivity index (χ1n) is 5.25. The maximum absolute atomic E-state index is 13.4. The molecule has 1 aromatic rings. The van der Waals surface area contributed by atoms with Gasteiger partial charge in [0, 0.05) is 16.4 Å². The van der Waals surface area contributed by atoms with Crippen molar-refractivity contribution in [2.75, 3.05) is 6.54 Å². The fourth-order valence-corrected chi connectivity index (χ4v) is 2.57. The van der Waals surface area contributed by atoms with E-state index in [0.29, 0.717) is 12.8 Å². The average Bonchev–Trinajstić information content (AvgIpc) is 2.17. The Hall–Kier alpha value is -0.410. The third-order valence-corrected chi connectivity index (χ3v) is 3.56. The maximum atomic E-state index is 13.4. The smallest absolute Gasteiger partial charge is 0.103 e. The highest BCUT2D eigenvalue weighted by Crippen LogP contribution is 2.32. The van der Waals surface area contributed by atoms with Crippen LogP contribution in [-0.2, 0) is 5.54 Å². The zero-order valence-corrected chi connectivity index (χ0v) is 10.3. The molecular formula is C12H15BrFN. The van der Waals surface area contributed by atoms with Crippen LogP contribution in [0.2, 0.25) is 0 Å². The van der Waals surface area contributed by atoms with Crippen LogP contribution in [0.3, 0.4) is 0 Å². The van der Waals surface area contributed by atoms with E-state index in [4.69, 9.17) is 0 Å². The standard InChI is InChI=1S/C12H15BrFN/c1-12(8-11(14)5-6-15-12)9-3-2-4-10(13)7-9/h2-4,7,11,15H,5-6,8H2,1H3. The van der Waals surface area contributed by atoms with Gasteiger partial charge in [0.05, 0.1) is 0 Å². The number of hydrogen-bond donors (Lipinski definition) is 1. The zero-order valence-electron chi connectivity index (χ0n) is 8.76. The molecule has 0 spiro atoms. The fraction of sp³-hybridized carbons (Fsp3) is 0.500. The average molecular weight is 272 g/mol. The van der Waals surface area contributed by atoms with Crippen LogP contribution in [0.15, 0.2) is 28.7 Å². The van der Waals surface area contributed by atoms with Gasteiger partial charge in [0.2, 0.25) is 0 Å². The molecule has 15 heavy (non-hydrogen) atoms. The number of hydrogen-bond acceptors (Lipinski definition) is 1. The molecule has 2 atom stereocenters. The Kier molecular flexibility index (Phi) is 3.12. The Morgan fingerprint density at radius 2 is 2.33 bits per heavy atom. The first-order valence-corrected chi connectivity index (χ1v) is 6.05. The number of halogens is 2. The summed E-state index contributed by atoms with van der Waals surface area (Å²) in [5.74, 6) is 0. The van der Waals surface area contributed by atoms with Crippen molar-refractivity contribution in [2.45, 2.75) is 31.5 Å². The largest absolute Gasteiger partial charge is 0.307 e. The zero-order chi connectivity index (χ0) is 10.9. The van der Waals surface area contributed by atoms with E-state index >= 15 is 0 Å². The number of nitrogens with one attached hydrogen (secondary N) is 1. The van der Waals surface area contributed by atoms with E-state index in [1.807, 2.05) is 12.1 Å². The highest BCUT2D eigenvalue weighted by molar-refractivity contribution is 9.10. The van der Waals surface area contributed by atoms with Crippen LogP contribution >= 0.6 is 15.9 Å². The number of alkyl halides is 1. The molecule has 1 nitrogen and oxygen atoms in total. The van der Waals surface area contributed by atoms with Crippen molar-refractivity contribution in [1.29, 1.82) is 0 Å². The van der Waals surface area contributed by atoms with Gasteiger partial charge in [-0.15, -0.1) is 0 Å². The summed E-state index contributed by atoms with van der Waals surface area (Å²) in [5.41, 5.74) is 0.931. The Bertz CT molecular complexity index is 355. The second kappa shape index (κ2) is 4.22. The van der Waals surface area contributed by atoms with E-state index in [0.717, 1.165) is 16.6 Å². The summed E-state index contributed by atoms with van der Waals surface area (Å²) in [6.45, 7) is 2.82. The molecule has 0 aromatic heterocycles. The molecule has 0 bridgehead atoms. The van der Waals surface area contributed by atoms with Gasteiger partial charge in [-0.05, 0) is 37.6 Å². The quantitative estimate of drug-likeness (QED) is 0.826. The summed E-state index contributed by atoms with van der Waals surface area (Å²) >= 11 is 3.45. The predicted molar refractivity (Wildman–Crippen MR) is 63.6 cm³/mol. The molecule has 1 aromatic carbocycles. The summed E-state index contributed by atoms with van der Waals surface area (Å²) in [4.78, 5) is 0. The fourth-order valence-electron chi connectivity index (χ4n) is 2.17. The van der Waals surface area contributed by atoms with E-state index in [1.54, 1.807) is 0 Å². The van der Waals surface area contributed by atoms with Crippen LogP contribution in [0, 0.1) is 0 Å². The van der Waals surface area contributed by atoms with Gasteiger partial charge in [-0.3, -0.25) is 0 Å². The minimum atomic E-state index is -0.685. The molecule has 0 saturated carbocycles. The monoisotopic (exact) mass is 271 g/mol. The third-order valence-electron chi connectivity index (χ3n) is 3.06. The van der Waals surface area contributed by atoms with Gasteiger partial charge in [0.25, 0.3) is 0 Å². The minimum absolute atomic E-state index is 0.221. The molecule has 2 unspecified atom stereocenters. The normalized spacial score (nSPS) is 31.5. The van der Waals surface area contributed by atoms with Gasteiger partial charge in [-0.2, -0.15) is 0 Å². The van der Waals surface area contributed by atoms with E-state index in [1.165, 1.54) is 0 Å². The van der Waals surface area contributed by atoms with Crippen LogP contribution in [0.25, 0.3) is 0 Å². The van der Waals surface area contributed by atoms with Gasteiger partial charge in [-0.25, -0.2) is 4.39 Å². The van der Waals surface area contributed by atoms with Crippen molar-refractivity contribution in [3.63, 3.8) is 0 Å². The molecule has 1 heterocycles. The SMILES string of the molecule is CC1(c2cccc(Br)c2)CC(F)CCN1. The maximum Gasteiger partial charge on any atom is 0.103 e. The second-order valence-corrected chi connectivity index (χ2v) is 5.27. The number of rotatable bonds is 1. The molecule has 0 aliphatic carbocycles. The van der Waals surface area contributed by atoms with Gasteiger partial charge >= 0.3 is 0 Å². The molecule has 82 valence electrons. The molecule has 1 saturated heterocycles. The molecule has 1 N–H and O–H groups in total. The molecule has 3 heteroatoms. The molecule has 2 rings (SSSR count). The van der Waals surface area contributed by atoms with Crippen LogP contribution in [0.1, 0.15) is 25.3 Å². The second-order valence-electron chi connectivity index (χ2n) is 4.36. The molecule has 0 amide bonds. The lowest BCUT2D eigenvalue weighted by molar-refractivity contribution is 0.165. The lowest BCUT2D eigenvalue weighted by Crippen LogP contribution is -2.46. The van der Waals surface area contributed by atoms with Crippen molar-refractivity contribution in [2.24, 2.45) is 0 Å². The first-order chi connectivity index (χ1) is 7.10. The Morgan fingerprint density at radius 1 is 1.53 bits per heavy atom. The van der Waals surface area contributed by atoms with Crippen molar-refractivity contribution >= 4 is 15.9 Å². The Labute approximate surface area is 98.2 Å². The van der Waals surface area contributed by atoms with Crippen molar-refractivity contribution in [1.82, 2.24) is 5.32 Å². The van der Waals surface area contributed by atoms with Gasteiger partial charge in [0.1, 0.15) is 6.17 Å². The van der Waals surface area contributed by atoms with Crippen LogP contribution in [0.4, 0.5) is 4.39 Å². The lowest BCUT2D eigenvalue weighted by Gasteiger charge is -2.37. The Balaban J connectivity index is 2.28. The molecule has 1 aliphatic heterocycles. The van der Waals surface area contributed by atoms with Crippen LogP contribution in [0.5, 0.6) is 0 Å². The molecule has 1 aliphatic rings. The number of piperidine rings is 1. The predicted octanol–water partition coefficient (Wildman–Crippen LogP) is 3.39. The van der Waals surface area contributed by atoms with Gasteiger partial charge < -0.3 is 5.32 Å². The van der Waals surface area contributed by atoms with Crippen LogP contribution < -0.4 is 5.32 Å². The summed E-state index contributed by atoms with van der Waals surface area (Å²) in [6, 6.07) is 8.09. The topological polar surface area (TPSA) is 12.0 Å². The first kappa shape index (κ1) is 11.1. The van der Waals surface area contributed by atoms with Crippen LogP contribution in [-0.4, -0.2) is 12.7 Å². The highest BCUT2D eigenvalue weighted by Gasteiger charge is 2.33. The van der Waals surface area contributed by atoms with E-state index < -0.39 is 6.17 Å². The van der Waals surface area contributed by atoms with E-state index in [9.17, 15) is 4.39 Å².